The van der Waals surface area contributed by atoms with Crippen LogP contribution in [0.25, 0.3) is 16.8 Å². The van der Waals surface area contributed by atoms with Gasteiger partial charge >= 0.3 is 0 Å². The van der Waals surface area contributed by atoms with Crippen LogP contribution in [0.3, 0.4) is 0 Å². The molecule has 172 valence electrons. The Bertz CT molecular complexity index is 1410. The molecule has 1 aliphatic carbocycles. The number of carbonyl (C=O) groups excluding carboxylic acids is 1. The lowest BCUT2D eigenvalue weighted by Crippen LogP contribution is -2.44. The highest BCUT2D eigenvalue weighted by Crippen LogP contribution is 2.31. The minimum Gasteiger partial charge on any atom is -0.342 e. The van der Waals surface area contributed by atoms with Crippen LogP contribution in [0.15, 0.2) is 78.7 Å². The van der Waals surface area contributed by atoms with Crippen LogP contribution >= 0.6 is 11.3 Å². The van der Waals surface area contributed by atoms with Crippen molar-refractivity contribution in [3.8, 4) is 11.3 Å². The smallest absolute Gasteiger partial charge is 0.280 e. The summed E-state index contributed by atoms with van der Waals surface area (Å²) in [6.07, 6.45) is 11.8. The number of rotatable bonds is 6. The second-order valence-corrected chi connectivity index (χ2v) is 9.76. The zero-order valence-corrected chi connectivity index (χ0v) is 20.0. The van der Waals surface area contributed by atoms with Gasteiger partial charge in [-0.05, 0) is 55.5 Å². The lowest BCUT2D eigenvalue weighted by molar-refractivity contribution is 0.0936. The quantitative estimate of drug-likeness (QED) is 0.409. The zero-order valence-electron chi connectivity index (χ0n) is 19.2. The summed E-state index contributed by atoms with van der Waals surface area (Å²) < 4.78 is 1.81. The molecule has 34 heavy (non-hydrogen) atoms. The number of aryl methyl sites for hydroxylation is 2. The summed E-state index contributed by atoms with van der Waals surface area (Å²) in [5.41, 5.74) is 12.7. The number of nitrogens with two attached hydrogens (primary N) is 1. The molecule has 0 bridgehead atoms. The van der Waals surface area contributed by atoms with E-state index < -0.39 is 0 Å². The third kappa shape index (κ3) is 4.20. The molecular formula is C27H27N5OS. The van der Waals surface area contributed by atoms with Crippen molar-refractivity contribution in [2.45, 2.75) is 38.8 Å². The molecule has 0 saturated heterocycles. The summed E-state index contributed by atoms with van der Waals surface area (Å²) in [5.74, 6) is -0.208. The van der Waals surface area contributed by atoms with Gasteiger partial charge in [0.15, 0.2) is 5.01 Å². The number of hydrogen-bond acceptors (Lipinski definition) is 5. The fourth-order valence-corrected chi connectivity index (χ4v) is 5.33. The molecule has 2 unspecified atom stereocenters. The van der Waals surface area contributed by atoms with E-state index in [1.165, 1.54) is 11.3 Å². The largest absolute Gasteiger partial charge is 0.342 e. The molecule has 3 aromatic heterocycles. The van der Waals surface area contributed by atoms with E-state index in [1.54, 1.807) is 6.20 Å². The van der Waals surface area contributed by atoms with Gasteiger partial charge < -0.3 is 11.1 Å². The molecule has 3 heterocycles. The first-order valence-corrected chi connectivity index (χ1v) is 12.2. The topological polar surface area (TPSA) is 85.3 Å². The molecule has 0 fully saturated rings. The number of aromatic nitrogens is 3. The Balaban J connectivity index is 1.46. The Kier molecular flexibility index (Phi) is 6.13. The second-order valence-electron chi connectivity index (χ2n) is 8.55. The van der Waals surface area contributed by atoms with E-state index in [4.69, 9.17) is 10.7 Å². The van der Waals surface area contributed by atoms with Gasteiger partial charge in [-0.3, -0.25) is 4.79 Å². The van der Waals surface area contributed by atoms with Crippen LogP contribution in [0.4, 0.5) is 0 Å². The lowest BCUT2D eigenvalue weighted by Gasteiger charge is -2.29. The van der Waals surface area contributed by atoms with Crippen molar-refractivity contribution in [2.75, 3.05) is 0 Å². The lowest BCUT2D eigenvalue weighted by atomic mass is 9.87. The molecule has 3 N–H and O–H groups in total. The molecule has 6 nitrogen and oxygen atoms in total. The van der Waals surface area contributed by atoms with Gasteiger partial charge in [0, 0.05) is 16.6 Å². The van der Waals surface area contributed by atoms with Crippen molar-refractivity contribution >= 4 is 22.8 Å². The molecule has 1 aromatic carbocycles. The van der Waals surface area contributed by atoms with E-state index in [0.717, 1.165) is 51.2 Å². The van der Waals surface area contributed by atoms with Gasteiger partial charge in [0.1, 0.15) is 0 Å². The van der Waals surface area contributed by atoms with Crippen molar-refractivity contribution in [3.05, 3.63) is 99.7 Å². The fraction of sp³-hybridized carbons (Fsp3) is 0.222. The fourth-order valence-electron chi connectivity index (χ4n) is 4.50. The molecule has 0 spiro atoms. The van der Waals surface area contributed by atoms with Gasteiger partial charge in [-0.15, -0.1) is 11.3 Å². The Hall–Kier alpha value is -3.55. The van der Waals surface area contributed by atoms with Crippen LogP contribution in [-0.2, 0) is 0 Å². The van der Waals surface area contributed by atoms with E-state index in [0.29, 0.717) is 5.01 Å². The highest BCUT2D eigenvalue weighted by atomic mass is 32.1. The number of carbonyl (C=O) groups is 1. The van der Waals surface area contributed by atoms with Gasteiger partial charge in [0.05, 0.1) is 29.5 Å². The predicted octanol–water partition coefficient (Wildman–Crippen LogP) is 5.15. The molecule has 0 saturated carbocycles. The molecule has 0 radical (unpaired) electrons. The predicted molar refractivity (Wildman–Crippen MR) is 137 cm³/mol. The number of fused-ring (bicyclic) bond motifs is 1. The van der Waals surface area contributed by atoms with Gasteiger partial charge in [-0.2, -0.15) is 5.10 Å². The maximum atomic E-state index is 13.4. The van der Waals surface area contributed by atoms with Gasteiger partial charge in [0.25, 0.3) is 5.91 Å². The molecule has 7 heteroatoms. The summed E-state index contributed by atoms with van der Waals surface area (Å²) in [5, 5.41) is 8.06. The van der Waals surface area contributed by atoms with E-state index in [9.17, 15) is 4.79 Å². The molecule has 1 amide bonds. The van der Waals surface area contributed by atoms with Crippen LogP contribution in [0.2, 0.25) is 0 Å². The Morgan fingerprint density at radius 2 is 2.00 bits per heavy atom. The van der Waals surface area contributed by atoms with Gasteiger partial charge in [0.2, 0.25) is 0 Å². The number of allylic oxidation sites excluding steroid dienone is 3. The normalized spacial score (nSPS) is 15.2. The van der Waals surface area contributed by atoms with Crippen molar-refractivity contribution in [3.63, 3.8) is 0 Å². The summed E-state index contributed by atoms with van der Waals surface area (Å²) in [6, 6.07) is 13.3. The van der Waals surface area contributed by atoms with E-state index in [2.05, 4.69) is 35.6 Å². The van der Waals surface area contributed by atoms with Gasteiger partial charge in [-0.1, -0.05) is 48.6 Å². The summed E-state index contributed by atoms with van der Waals surface area (Å²) >= 11 is 1.39. The molecule has 5 rings (SSSR count). The summed E-state index contributed by atoms with van der Waals surface area (Å²) in [7, 11) is 0. The maximum Gasteiger partial charge on any atom is 0.280 e. The number of benzene rings is 1. The van der Waals surface area contributed by atoms with Crippen LogP contribution in [0.1, 0.15) is 44.7 Å². The number of amides is 1. The molecule has 2 atom stereocenters. The monoisotopic (exact) mass is 469 g/mol. The zero-order chi connectivity index (χ0) is 23.7. The maximum absolute atomic E-state index is 13.4. The number of nitrogens with one attached hydrogen (secondary N) is 1. The summed E-state index contributed by atoms with van der Waals surface area (Å²) in [6.45, 7) is 4.04. The number of pyridine rings is 1. The van der Waals surface area contributed by atoms with E-state index in [1.807, 2.05) is 60.1 Å². The van der Waals surface area contributed by atoms with Crippen molar-refractivity contribution in [2.24, 2.45) is 5.73 Å². The van der Waals surface area contributed by atoms with Crippen LogP contribution in [0, 0.1) is 13.8 Å². The van der Waals surface area contributed by atoms with Crippen molar-refractivity contribution in [1.82, 2.24) is 19.9 Å². The second kappa shape index (κ2) is 9.37. The highest BCUT2D eigenvalue weighted by molar-refractivity contribution is 7.14. The minimum absolute atomic E-state index is 0.208. The molecule has 4 aromatic rings. The van der Waals surface area contributed by atoms with Gasteiger partial charge in [-0.25, -0.2) is 9.50 Å². The average molecular weight is 470 g/mol. The molecule has 0 aliphatic heterocycles. The van der Waals surface area contributed by atoms with E-state index in [-0.39, 0.29) is 18.0 Å². The number of hydrogen-bond donors (Lipinski definition) is 2. The molecular weight excluding hydrogens is 442 g/mol. The van der Waals surface area contributed by atoms with E-state index >= 15 is 0 Å². The first-order chi connectivity index (χ1) is 16.5. The standard InChI is InChI=1S/C27H27N5OS/c1-17-10-6-7-13-20(17)23(28)25(19-11-4-3-5-12-19)30-26(33)27-31-24(18(2)34-27)21-16-29-32-15-9-8-14-22(21)32/h3-4,6-11,13-16,23,25H,5,12,28H2,1-2H3,(H,30,33). The first kappa shape index (κ1) is 22.3. The number of thiazole rings is 1. The Morgan fingerprint density at radius 1 is 1.18 bits per heavy atom. The van der Waals surface area contributed by atoms with Crippen LogP contribution in [0.5, 0.6) is 0 Å². The SMILES string of the molecule is Cc1ccccc1C(N)C(NC(=O)c1nc(-c2cnn3ccccc23)c(C)s1)C1=CC=CCC1. The van der Waals surface area contributed by atoms with Crippen LogP contribution in [-0.4, -0.2) is 26.5 Å². The highest BCUT2D eigenvalue weighted by Gasteiger charge is 2.28. The third-order valence-corrected chi connectivity index (χ3v) is 7.28. The number of nitrogens with zero attached hydrogens (tertiary/aromatic N) is 3. The van der Waals surface area contributed by atoms with Crippen molar-refractivity contribution < 1.29 is 4.79 Å². The van der Waals surface area contributed by atoms with Crippen molar-refractivity contribution in [1.29, 1.82) is 0 Å². The van der Waals surface area contributed by atoms with Crippen LogP contribution < -0.4 is 11.1 Å². The minimum atomic E-state index is -0.358. The first-order valence-electron chi connectivity index (χ1n) is 11.4. The average Bonchev–Trinajstić information content (AvgIpc) is 3.46. The summed E-state index contributed by atoms with van der Waals surface area (Å²) in [4.78, 5) is 19.1. The Labute approximate surface area is 202 Å². The Morgan fingerprint density at radius 3 is 2.79 bits per heavy atom. The third-order valence-electron chi connectivity index (χ3n) is 6.31. The molecule has 1 aliphatic rings.